The Hall–Kier alpha value is -1.62. The van der Waals surface area contributed by atoms with E-state index in [4.69, 9.17) is 4.42 Å². The fourth-order valence-corrected chi connectivity index (χ4v) is 2.01. The molecule has 1 unspecified atom stereocenters. The summed E-state index contributed by atoms with van der Waals surface area (Å²) in [6.45, 7) is 3.74. The van der Waals surface area contributed by atoms with Crippen LogP contribution in [-0.2, 0) is 0 Å². The molecule has 18 heavy (non-hydrogen) atoms. The number of carbonyl (C=O) groups excluding carboxylic acids is 1. The van der Waals surface area contributed by atoms with Gasteiger partial charge in [-0.15, -0.1) is 0 Å². The molecule has 0 aliphatic carbocycles. The highest BCUT2D eigenvalue weighted by molar-refractivity contribution is 9.10. The highest BCUT2D eigenvalue weighted by Crippen LogP contribution is 2.18. The van der Waals surface area contributed by atoms with E-state index < -0.39 is 0 Å². The molecule has 0 saturated heterocycles. The van der Waals surface area contributed by atoms with Gasteiger partial charge in [0.05, 0.1) is 6.04 Å². The van der Waals surface area contributed by atoms with Gasteiger partial charge in [-0.2, -0.15) is 0 Å². The Morgan fingerprint density at radius 1 is 1.44 bits per heavy atom. The number of nitrogens with zero attached hydrogens (tertiary/aromatic N) is 1. The lowest BCUT2D eigenvalue weighted by atomic mass is 10.2. The van der Waals surface area contributed by atoms with E-state index in [1.807, 2.05) is 26.0 Å². The van der Waals surface area contributed by atoms with E-state index in [-0.39, 0.29) is 11.9 Å². The number of halogens is 1. The summed E-state index contributed by atoms with van der Waals surface area (Å²) in [5, 5.41) is 2.84. The molecule has 0 fully saturated rings. The second-order valence-electron chi connectivity index (χ2n) is 3.98. The molecule has 5 heteroatoms. The summed E-state index contributed by atoms with van der Waals surface area (Å²) in [5.41, 5.74) is 0.368. The summed E-state index contributed by atoms with van der Waals surface area (Å²) >= 11 is 3.30. The van der Waals surface area contributed by atoms with E-state index in [9.17, 15) is 4.79 Å². The van der Waals surface area contributed by atoms with Crippen LogP contribution in [0.15, 0.2) is 39.4 Å². The van der Waals surface area contributed by atoms with Gasteiger partial charge >= 0.3 is 0 Å². The number of furan rings is 1. The highest BCUT2D eigenvalue weighted by Gasteiger charge is 2.16. The Balaban J connectivity index is 2.10. The lowest BCUT2D eigenvalue weighted by Crippen LogP contribution is -2.27. The van der Waals surface area contributed by atoms with E-state index in [0.29, 0.717) is 10.2 Å². The van der Waals surface area contributed by atoms with Gasteiger partial charge in [-0.1, -0.05) is 0 Å². The Kier molecular flexibility index (Phi) is 3.81. The summed E-state index contributed by atoms with van der Waals surface area (Å²) in [4.78, 5) is 16.1. The van der Waals surface area contributed by atoms with E-state index in [1.54, 1.807) is 18.3 Å². The quantitative estimate of drug-likeness (QED) is 0.947. The van der Waals surface area contributed by atoms with Gasteiger partial charge < -0.3 is 9.73 Å². The highest BCUT2D eigenvalue weighted by atomic mass is 79.9. The SMILES string of the molecule is Cc1ccc(C(C)NC(=O)c2ncccc2Br)o1. The lowest BCUT2D eigenvalue weighted by Gasteiger charge is -2.11. The number of aromatic nitrogens is 1. The van der Waals surface area contributed by atoms with E-state index in [1.165, 1.54) is 0 Å². The van der Waals surface area contributed by atoms with E-state index in [2.05, 4.69) is 26.2 Å². The second-order valence-corrected chi connectivity index (χ2v) is 4.83. The van der Waals surface area contributed by atoms with Crippen molar-refractivity contribution in [3.8, 4) is 0 Å². The molecule has 4 nitrogen and oxygen atoms in total. The third-order valence-corrected chi connectivity index (χ3v) is 3.15. The molecule has 94 valence electrons. The van der Waals surface area contributed by atoms with Crippen molar-refractivity contribution >= 4 is 21.8 Å². The molecule has 1 atom stereocenters. The summed E-state index contributed by atoms with van der Waals surface area (Å²) in [5.74, 6) is 1.32. The van der Waals surface area contributed by atoms with Crippen LogP contribution in [0.3, 0.4) is 0 Å². The van der Waals surface area contributed by atoms with Crippen LogP contribution in [0.25, 0.3) is 0 Å². The van der Waals surface area contributed by atoms with Crippen LogP contribution in [0.4, 0.5) is 0 Å². The average Bonchev–Trinajstić information content (AvgIpc) is 2.76. The minimum absolute atomic E-state index is 0.194. The molecule has 0 aromatic carbocycles. The maximum Gasteiger partial charge on any atom is 0.271 e. The van der Waals surface area contributed by atoms with Gasteiger partial charge in [0.15, 0.2) is 0 Å². The van der Waals surface area contributed by atoms with Crippen molar-refractivity contribution in [2.24, 2.45) is 0 Å². The number of amides is 1. The van der Waals surface area contributed by atoms with Crippen LogP contribution < -0.4 is 5.32 Å². The van der Waals surface area contributed by atoms with Crippen molar-refractivity contribution in [2.75, 3.05) is 0 Å². The minimum atomic E-state index is -0.232. The minimum Gasteiger partial charge on any atom is -0.464 e. The van der Waals surface area contributed by atoms with Crippen LogP contribution in [0.5, 0.6) is 0 Å². The van der Waals surface area contributed by atoms with Gasteiger partial charge in [-0.3, -0.25) is 4.79 Å². The fraction of sp³-hybridized carbons (Fsp3) is 0.231. The monoisotopic (exact) mass is 308 g/mol. The van der Waals surface area contributed by atoms with Crippen LogP contribution in [0.1, 0.15) is 35.0 Å². The zero-order valence-corrected chi connectivity index (χ0v) is 11.7. The van der Waals surface area contributed by atoms with Crippen molar-refractivity contribution in [3.05, 3.63) is 52.1 Å². The molecule has 0 aliphatic rings. The molecular weight excluding hydrogens is 296 g/mol. The Morgan fingerprint density at radius 3 is 2.83 bits per heavy atom. The Morgan fingerprint density at radius 2 is 2.22 bits per heavy atom. The Bertz CT molecular complexity index is 566. The third-order valence-electron chi connectivity index (χ3n) is 2.51. The Labute approximate surface area is 114 Å². The molecule has 0 radical (unpaired) electrons. The van der Waals surface area contributed by atoms with Crippen LogP contribution in [0, 0.1) is 6.92 Å². The van der Waals surface area contributed by atoms with Gasteiger partial charge in [0.1, 0.15) is 17.2 Å². The normalized spacial score (nSPS) is 12.2. The van der Waals surface area contributed by atoms with Crippen molar-refractivity contribution < 1.29 is 9.21 Å². The number of pyridine rings is 1. The maximum atomic E-state index is 12.0. The van der Waals surface area contributed by atoms with Gasteiger partial charge in [0, 0.05) is 10.7 Å². The van der Waals surface area contributed by atoms with Gasteiger partial charge in [0.25, 0.3) is 5.91 Å². The fourth-order valence-electron chi connectivity index (χ4n) is 1.58. The zero-order valence-electron chi connectivity index (χ0n) is 10.1. The largest absolute Gasteiger partial charge is 0.464 e. The molecular formula is C13H13BrN2O2. The number of rotatable bonds is 3. The van der Waals surface area contributed by atoms with Crippen LogP contribution in [-0.4, -0.2) is 10.9 Å². The van der Waals surface area contributed by atoms with Gasteiger partial charge in [-0.25, -0.2) is 4.98 Å². The van der Waals surface area contributed by atoms with Gasteiger partial charge in [-0.05, 0) is 54.0 Å². The molecule has 2 aromatic heterocycles. The number of nitrogens with one attached hydrogen (secondary N) is 1. The molecule has 1 N–H and O–H groups in total. The van der Waals surface area contributed by atoms with Crippen molar-refractivity contribution in [3.63, 3.8) is 0 Å². The smallest absolute Gasteiger partial charge is 0.271 e. The molecule has 0 spiro atoms. The van der Waals surface area contributed by atoms with Crippen LogP contribution in [0.2, 0.25) is 0 Å². The molecule has 0 saturated carbocycles. The predicted octanol–water partition coefficient (Wildman–Crippen LogP) is 3.24. The lowest BCUT2D eigenvalue weighted by molar-refractivity contribution is 0.0929. The van der Waals surface area contributed by atoms with E-state index >= 15 is 0 Å². The maximum absolute atomic E-state index is 12.0. The standard InChI is InChI=1S/C13H13BrN2O2/c1-8-5-6-11(18-8)9(2)16-13(17)12-10(14)4-3-7-15-12/h3-7,9H,1-2H3,(H,16,17). The zero-order chi connectivity index (χ0) is 13.1. The average molecular weight is 309 g/mol. The molecule has 0 bridgehead atoms. The summed E-state index contributed by atoms with van der Waals surface area (Å²) in [6.07, 6.45) is 1.58. The van der Waals surface area contributed by atoms with E-state index in [0.717, 1.165) is 11.5 Å². The predicted molar refractivity (Wildman–Crippen MR) is 71.3 cm³/mol. The number of hydrogen-bond acceptors (Lipinski definition) is 3. The number of aryl methyl sites for hydroxylation is 1. The third kappa shape index (κ3) is 2.79. The second kappa shape index (κ2) is 5.35. The first-order valence-corrected chi connectivity index (χ1v) is 6.35. The molecule has 1 amide bonds. The summed E-state index contributed by atoms with van der Waals surface area (Å²) in [6, 6.07) is 7.08. The molecule has 2 rings (SSSR count). The van der Waals surface area contributed by atoms with Crippen molar-refractivity contribution in [1.82, 2.24) is 10.3 Å². The van der Waals surface area contributed by atoms with Crippen molar-refractivity contribution in [2.45, 2.75) is 19.9 Å². The summed E-state index contributed by atoms with van der Waals surface area (Å²) in [7, 11) is 0. The van der Waals surface area contributed by atoms with Crippen LogP contribution >= 0.6 is 15.9 Å². The number of hydrogen-bond donors (Lipinski definition) is 1. The summed E-state index contributed by atoms with van der Waals surface area (Å²) < 4.78 is 6.14. The van der Waals surface area contributed by atoms with Gasteiger partial charge in [0.2, 0.25) is 0 Å². The first kappa shape index (κ1) is 12.8. The molecule has 2 heterocycles. The molecule has 2 aromatic rings. The first-order chi connectivity index (χ1) is 8.58. The topological polar surface area (TPSA) is 55.1 Å². The molecule has 0 aliphatic heterocycles. The van der Waals surface area contributed by atoms with Crippen molar-refractivity contribution in [1.29, 1.82) is 0 Å². The first-order valence-electron chi connectivity index (χ1n) is 5.55. The number of carbonyl (C=O) groups is 1.